The Morgan fingerprint density at radius 2 is 1.88 bits per heavy atom. The van der Waals surface area contributed by atoms with Gasteiger partial charge in [0.25, 0.3) is 5.91 Å². The number of hydrogen-bond acceptors (Lipinski definition) is 5. The molecule has 2 amide bonds. The van der Waals surface area contributed by atoms with Gasteiger partial charge in [0.1, 0.15) is 14.8 Å². The van der Waals surface area contributed by atoms with E-state index in [4.69, 9.17) is 5.73 Å². The van der Waals surface area contributed by atoms with E-state index in [1.165, 1.54) is 18.3 Å². The van der Waals surface area contributed by atoms with Crippen molar-refractivity contribution in [3.05, 3.63) is 40.3 Å². The number of nitrogens with one attached hydrogen (secondary N) is 1. The van der Waals surface area contributed by atoms with Gasteiger partial charge in [-0.1, -0.05) is 25.1 Å². The Morgan fingerprint density at radius 1 is 1.23 bits per heavy atom. The number of benzene rings is 1. The number of carbonyl (C=O) groups excluding carboxylic acids is 2. The minimum absolute atomic E-state index is 0.234. The second-order valence-electron chi connectivity index (χ2n) is 6.50. The van der Waals surface area contributed by atoms with Crippen LogP contribution in [0.4, 0.5) is 5.00 Å². The molecule has 0 saturated carbocycles. The van der Waals surface area contributed by atoms with Gasteiger partial charge in [0, 0.05) is 23.1 Å². The highest BCUT2D eigenvalue weighted by atomic mass is 32.2. The lowest BCUT2D eigenvalue weighted by molar-refractivity contribution is -0.118. The summed E-state index contributed by atoms with van der Waals surface area (Å²) in [5.41, 5.74) is 9.47. The number of anilines is 1. The summed E-state index contributed by atoms with van der Waals surface area (Å²) >= 11 is 1.19. The molecule has 2 rings (SSSR count). The SMILES string of the molecule is Cc1ccc(-c2csc(NC(=O)C(C)CS(C)(=O)=O)c2C(N)=O)cc1C. The molecule has 0 radical (unpaired) electrons. The predicted molar refractivity (Wildman–Crippen MR) is 105 cm³/mol. The van der Waals surface area contributed by atoms with Crippen molar-refractivity contribution in [3.63, 3.8) is 0 Å². The number of rotatable bonds is 6. The Labute approximate surface area is 157 Å². The van der Waals surface area contributed by atoms with E-state index in [0.29, 0.717) is 10.6 Å². The molecule has 0 aliphatic carbocycles. The van der Waals surface area contributed by atoms with E-state index in [2.05, 4.69) is 5.32 Å². The lowest BCUT2D eigenvalue weighted by atomic mass is 9.99. The van der Waals surface area contributed by atoms with Crippen molar-refractivity contribution in [2.24, 2.45) is 11.7 Å². The Hall–Kier alpha value is -2.19. The van der Waals surface area contributed by atoms with Crippen LogP contribution >= 0.6 is 11.3 Å². The number of sulfone groups is 1. The van der Waals surface area contributed by atoms with Gasteiger partial charge in [-0.05, 0) is 30.5 Å². The first-order valence-electron chi connectivity index (χ1n) is 7.97. The number of aryl methyl sites for hydroxylation is 2. The number of primary amides is 1. The van der Waals surface area contributed by atoms with Crippen molar-refractivity contribution in [1.82, 2.24) is 0 Å². The summed E-state index contributed by atoms with van der Waals surface area (Å²) in [5, 5.41) is 4.74. The normalized spacial score (nSPS) is 12.6. The number of hydrogen-bond donors (Lipinski definition) is 2. The van der Waals surface area contributed by atoms with Gasteiger partial charge in [0.2, 0.25) is 5.91 Å². The predicted octanol–water partition coefficient (Wildman–Crippen LogP) is 2.75. The minimum Gasteiger partial charge on any atom is -0.365 e. The third kappa shape index (κ3) is 4.70. The average Bonchev–Trinajstić information content (AvgIpc) is 2.92. The molecule has 2 aromatic rings. The van der Waals surface area contributed by atoms with E-state index in [1.54, 1.807) is 5.38 Å². The lowest BCUT2D eigenvalue weighted by Crippen LogP contribution is -2.27. The van der Waals surface area contributed by atoms with Crippen LogP contribution < -0.4 is 11.1 Å². The van der Waals surface area contributed by atoms with E-state index < -0.39 is 27.6 Å². The van der Waals surface area contributed by atoms with Crippen molar-refractivity contribution in [1.29, 1.82) is 0 Å². The Morgan fingerprint density at radius 3 is 2.42 bits per heavy atom. The van der Waals surface area contributed by atoms with E-state index in [0.717, 1.165) is 22.9 Å². The van der Waals surface area contributed by atoms with Gasteiger partial charge >= 0.3 is 0 Å². The fourth-order valence-corrected chi connectivity index (χ4v) is 4.62. The van der Waals surface area contributed by atoms with Crippen LogP contribution in [0.25, 0.3) is 11.1 Å². The molecule has 140 valence electrons. The Bertz CT molecular complexity index is 962. The molecule has 0 spiro atoms. The summed E-state index contributed by atoms with van der Waals surface area (Å²) < 4.78 is 22.7. The number of amides is 2. The first-order valence-corrected chi connectivity index (χ1v) is 10.9. The maximum absolute atomic E-state index is 12.3. The molecule has 26 heavy (non-hydrogen) atoms. The Balaban J connectivity index is 2.36. The van der Waals surface area contributed by atoms with Gasteiger partial charge in [0.05, 0.1) is 11.3 Å². The van der Waals surface area contributed by atoms with Crippen LogP contribution in [0.2, 0.25) is 0 Å². The van der Waals surface area contributed by atoms with E-state index in [9.17, 15) is 18.0 Å². The van der Waals surface area contributed by atoms with Gasteiger partial charge in [-0.3, -0.25) is 9.59 Å². The van der Waals surface area contributed by atoms with Crippen molar-refractivity contribution in [3.8, 4) is 11.1 Å². The molecule has 0 aliphatic heterocycles. The lowest BCUT2D eigenvalue weighted by Gasteiger charge is -2.11. The average molecular weight is 395 g/mol. The number of thiophene rings is 1. The molecule has 6 nitrogen and oxygen atoms in total. The summed E-state index contributed by atoms with van der Waals surface area (Å²) in [5.74, 6) is -2.12. The summed E-state index contributed by atoms with van der Waals surface area (Å²) in [4.78, 5) is 24.3. The third-order valence-corrected chi connectivity index (χ3v) is 6.09. The van der Waals surface area contributed by atoms with Gasteiger partial charge in [-0.15, -0.1) is 11.3 Å². The molecule has 8 heteroatoms. The maximum Gasteiger partial charge on any atom is 0.252 e. The van der Waals surface area contributed by atoms with E-state index >= 15 is 0 Å². The summed E-state index contributed by atoms with van der Waals surface area (Å²) in [7, 11) is -3.28. The molecule has 3 N–H and O–H groups in total. The molecule has 0 aliphatic rings. The summed E-state index contributed by atoms with van der Waals surface area (Å²) in [6.45, 7) is 5.50. The highest BCUT2D eigenvalue weighted by molar-refractivity contribution is 7.90. The molecular formula is C18H22N2O4S2. The van der Waals surface area contributed by atoms with Crippen LogP contribution in [0, 0.1) is 19.8 Å². The smallest absolute Gasteiger partial charge is 0.252 e. The zero-order chi connectivity index (χ0) is 19.6. The van der Waals surface area contributed by atoms with Crippen LogP contribution in [-0.2, 0) is 14.6 Å². The van der Waals surface area contributed by atoms with E-state index in [1.807, 2.05) is 32.0 Å². The Kier molecular flexibility index (Phi) is 5.87. The molecule has 1 atom stereocenters. The molecule has 0 fully saturated rings. The van der Waals surface area contributed by atoms with Crippen LogP contribution in [0.1, 0.15) is 28.4 Å². The second-order valence-corrected chi connectivity index (χ2v) is 9.56. The molecule has 1 aromatic heterocycles. The zero-order valence-electron chi connectivity index (χ0n) is 15.1. The van der Waals surface area contributed by atoms with Crippen LogP contribution in [0.3, 0.4) is 0 Å². The molecular weight excluding hydrogens is 372 g/mol. The highest BCUT2D eigenvalue weighted by Gasteiger charge is 2.23. The quantitative estimate of drug-likeness (QED) is 0.785. The minimum atomic E-state index is -3.28. The first-order chi connectivity index (χ1) is 12.0. The van der Waals surface area contributed by atoms with Crippen molar-refractivity contribution >= 4 is 38.0 Å². The molecule has 0 bridgehead atoms. The fourth-order valence-electron chi connectivity index (χ4n) is 2.58. The number of carbonyl (C=O) groups is 2. The maximum atomic E-state index is 12.3. The van der Waals surface area contributed by atoms with Gasteiger partial charge in [-0.2, -0.15) is 0 Å². The first kappa shape index (κ1) is 20.1. The monoisotopic (exact) mass is 394 g/mol. The van der Waals surface area contributed by atoms with Gasteiger partial charge in [0.15, 0.2) is 0 Å². The molecule has 1 unspecified atom stereocenters. The highest BCUT2D eigenvalue weighted by Crippen LogP contribution is 2.36. The standard InChI is InChI=1S/C18H22N2O4S2/c1-10-5-6-13(7-11(10)2)14-8-25-18(15(14)16(19)21)20-17(22)12(3)9-26(4,23)24/h5-8,12H,9H2,1-4H3,(H2,19,21)(H,20,22). The second kappa shape index (κ2) is 7.59. The van der Waals surface area contributed by atoms with Crippen molar-refractivity contribution in [2.45, 2.75) is 20.8 Å². The molecule has 1 aromatic carbocycles. The molecule has 0 saturated heterocycles. The van der Waals surface area contributed by atoms with E-state index in [-0.39, 0.29) is 11.3 Å². The van der Waals surface area contributed by atoms with Crippen LogP contribution in [-0.4, -0.2) is 32.2 Å². The van der Waals surface area contributed by atoms with Gasteiger partial charge in [-0.25, -0.2) is 8.42 Å². The third-order valence-electron chi connectivity index (χ3n) is 4.09. The topological polar surface area (TPSA) is 106 Å². The largest absolute Gasteiger partial charge is 0.365 e. The van der Waals surface area contributed by atoms with Crippen molar-refractivity contribution in [2.75, 3.05) is 17.3 Å². The van der Waals surface area contributed by atoms with Crippen molar-refractivity contribution < 1.29 is 18.0 Å². The van der Waals surface area contributed by atoms with Crippen LogP contribution in [0.15, 0.2) is 23.6 Å². The molecule has 1 heterocycles. The zero-order valence-corrected chi connectivity index (χ0v) is 16.8. The summed E-state index contributed by atoms with van der Waals surface area (Å²) in [6.07, 6.45) is 1.08. The van der Waals surface area contributed by atoms with Crippen LogP contribution in [0.5, 0.6) is 0 Å². The number of nitrogens with two attached hydrogens (primary N) is 1. The fraction of sp³-hybridized carbons (Fsp3) is 0.333. The summed E-state index contributed by atoms with van der Waals surface area (Å²) in [6, 6.07) is 5.82. The van der Waals surface area contributed by atoms with Gasteiger partial charge < -0.3 is 11.1 Å².